The molecule has 108 valence electrons. The highest BCUT2D eigenvalue weighted by Gasteiger charge is 2.16. The maximum Gasteiger partial charge on any atom is 0.374 e. The average molecular weight is 276 g/mol. The van der Waals surface area contributed by atoms with Crippen molar-refractivity contribution in [1.82, 2.24) is 0 Å². The summed E-state index contributed by atoms with van der Waals surface area (Å²) in [6, 6.07) is 9.14. The van der Waals surface area contributed by atoms with Gasteiger partial charge in [-0.05, 0) is 12.0 Å². The first-order valence-electron chi connectivity index (χ1n) is 6.89. The number of carbonyl (C=O) groups excluding carboxylic acids is 3. The van der Waals surface area contributed by atoms with E-state index in [9.17, 15) is 14.4 Å². The first-order chi connectivity index (χ1) is 9.63. The van der Waals surface area contributed by atoms with Crippen LogP contribution in [0.3, 0.4) is 0 Å². The van der Waals surface area contributed by atoms with Crippen LogP contribution in [-0.4, -0.2) is 17.5 Å². The quantitative estimate of drug-likeness (QED) is 0.514. The zero-order chi connectivity index (χ0) is 14.8. The lowest BCUT2D eigenvalue weighted by Gasteiger charge is -2.04. The largest absolute Gasteiger partial charge is 0.455 e. The number of hydrogen-bond donors (Lipinski definition) is 0. The topological polar surface area (TPSA) is 60.4 Å². The van der Waals surface area contributed by atoms with E-state index in [1.807, 2.05) is 37.3 Å². The van der Waals surface area contributed by atoms with Crippen molar-refractivity contribution < 1.29 is 19.1 Å². The summed E-state index contributed by atoms with van der Waals surface area (Å²) in [5, 5.41) is 0. The second-order valence-electron chi connectivity index (χ2n) is 4.63. The lowest BCUT2D eigenvalue weighted by molar-refractivity contribution is -0.155. The molecule has 0 aromatic heterocycles. The van der Waals surface area contributed by atoms with E-state index >= 15 is 0 Å². The fourth-order valence-electron chi connectivity index (χ4n) is 1.66. The van der Waals surface area contributed by atoms with Gasteiger partial charge in [0.1, 0.15) is 12.4 Å². The standard InChI is InChI=1S/C16H20O4/c1-2-3-9-14(17)10-11-15(18)16(19)20-12-13-7-5-4-6-8-13/h4-8H,2-3,9-12H2,1H3. The summed E-state index contributed by atoms with van der Waals surface area (Å²) in [5.74, 6) is -1.47. The van der Waals surface area contributed by atoms with Gasteiger partial charge in [-0.15, -0.1) is 0 Å². The fraction of sp³-hybridized carbons (Fsp3) is 0.438. The van der Waals surface area contributed by atoms with Gasteiger partial charge in [0.15, 0.2) is 0 Å². The van der Waals surface area contributed by atoms with Gasteiger partial charge in [0.2, 0.25) is 5.78 Å². The molecule has 4 nitrogen and oxygen atoms in total. The van der Waals surface area contributed by atoms with Crippen molar-refractivity contribution in [3.05, 3.63) is 35.9 Å². The van der Waals surface area contributed by atoms with Crippen LogP contribution in [-0.2, 0) is 25.7 Å². The molecule has 0 saturated heterocycles. The molecule has 4 heteroatoms. The summed E-state index contributed by atoms with van der Waals surface area (Å²) in [6.45, 7) is 2.08. The zero-order valence-corrected chi connectivity index (χ0v) is 11.8. The van der Waals surface area contributed by atoms with Gasteiger partial charge in [-0.25, -0.2) is 4.79 Å². The Labute approximate surface area is 119 Å². The highest BCUT2D eigenvalue weighted by Crippen LogP contribution is 2.04. The number of Topliss-reactive ketones (excluding diaryl/α,β-unsaturated/α-hetero) is 2. The van der Waals surface area contributed by atoms with Gasteiger partial charge in [0.05, 0.1) is 0 Å². The second kappa shape index (κ2) is 9.02. The number of esters is 1. The smallest absolute Gasteiger partial charge is 0.374 e. The molecule has 1 aromatic rings. The SMILES string of the molecule is CCCCC(=O)CCC(=O)C(=O)OCc1ccccc1. The number of ether oxygens (including phenoxy) is 1. The van der Waals surface area contributed by atoms with Crippen LogP contribution >= 0.6 is 0 Å². The van der Waals surface area contributed by atoms with Crippen LogP contribution in [0.2, 0.25) is 0 Å². The van der Waals surface area contributed by atoms with Crippen LogP contribution in [0.5, 0.6) is 0 Å². The van der Waals surface area contributed by atoms with Gasteiger partial charge in [0.25, 0.3) is 0 Å². The average Bonchev–Trinajstić information content (AvgIpc) is 2.49. The molecule has 20 heavy (non-hydrogen) atoms. The normalized spacial score (nSPS) is 10.1. The molecular formula is C16H20O4. The van der Waals surface area contributed by atoms with Crippen LogP contribution < -0.4 is 0 Å². The molecule has 0 unspecified atom stereocenters. The lowest BCUT2D eigenvalue weighted by Crippen LogP contribution is -2.18. The Morgan fingerprint density at radius 3 is 2.35 bits per heavy atom. The van der Waals surface area contributed by atoms with E-state index in [0.29, 0.717) is 6.42 Å². The predicted molar refractivity (Wildman–Crippen MR) is 75.0 cm³/mol. The molecular weight excluding hydrogens is 256 g/mol. The van der Waals surface area contributed by atoms with E-state index in [1.54, 1.807) is 0 Å². The van der Waals surface area contributed by atoms with Crippen molar-refractivity contribution in [3.8, 4) is 0 Å². The summed E-state index contributed by atoms with van der Waals surface area (Å²) < 4.78 is 4.90. The van der Waals surface area contributed by atoms with Crippen LogP contribution in [0, 0.1) is 0 Å². The minimum Gasteiger partial charge on any atom is -0.455 e. The third-order valence-electron chi connectivity index (χ3n) is 2.88. The lowest BCUT2D eigenvalue weighted by atomic mass is 10.1. The van der Waals surface area contributed by atoms with Gasteiger partial charge in [-0.2, -0.15) is 0 Å². The first kappa shape index (κ1) is 16.1. The third kappa shape index (κ3) is 6.27. The molecule has 0 radical (unpaired) electrons. The number of ketones is 2. The summed E-state index contributed by atoms with van der Waals surface area (Å²) >= 11 is 0. The van der Waals surface area contributed by atoms with Gasteiger partial charge >= 0.3 is 5.97 Å². The number of rotatable bonds is 9. The number of carbonyl (C=O) groups is 3. The zero-order valence-electron chi connectivity index (χ0n) is 11.8. The number of hydrogen-bond acceptors (Lipinski definition) is 4. The minimum absolute atomic E-state index is 0.0241. The van der Waals surface area contributed by atoms with Gasteiger partial charge < -0.3 is 4.74 Å². The van der Waals surface area contributed by atoms with Crippen molar-refractivity contribution in [1.29, 1.82) is 0 Å². The highest BCUT2D eigenvalue weighted by atomic mass is 16.5. The van der Waals surface area contributed by atoms with Crippen molar-refractivity contribution in [2.24, 2.45) is 0 Å². The van der Waals surface area contributed by atoms with E-state index in [2.05, 4.69) is 0 Å². The minimum atomic E-state index is -0.864. The van der Waals surface area contributed by atoms with Gasteiger partial charge in [-0.1, -0.05) is 43.7 Å². The molecule has 0 aliphatic carbocycles. The van der Waals surface area contributed by atoms with Gasteiger partial charge in [0, 0.05) is 19.3 Å². The monoisotopic (exact) mass is 276 g/mol. The molecule has 0 heterocycles. The Hall–Kier alpha value is -1.97. The molecule has 0 spiro atoms. The van der Waals surface area contributed by atoms with E-state index in [4.69, 9.17) is 4.74 Å². The molecule has 0 N–H and O–H groups in total. The van der Waals surface area contributed by atoms with E-state index < -0.39 is 11.8 Å². The Kier molecular flexibility index (Phi) is 7.25. The Bertz CT molecular complexity index is 451. The Balaban J connectivity index is 2.26. The molecule has 1 rings (SSSR count). The predicted octanol–water partition coefficient (Wildman–Crippen LogP) is 2.84. The molecule has 0 atom stereocenters. The van der Waals surface area contributed by atoms with Crippen molar-refractivity contribution in [3.63, 3.8) is 0 Å². The molecule has 0 saturated carbocycles. The Morgan fingerprint density at radius 2 is 1.70 bits per heavy atom. The number of benzene rings is 1. The summed E-state index contributed by atoms with van der Waals surface area (Å²) in [5.41, 5.74) is 0.827. The molecule has 0 bridgehead atoms. The van der Waals surface area contributed by atoms with Gasteiger partial charge in [-0.3, -0.25) is 9.59 Å². The maximum atomic E-state index is 11.5. The third-order valence-corrected chi connectivity index (χ3v) is 2.88. The van der Waals surface area contributed by atoms with Crippen LogP contribution in [0.4, 0.5) is 0 Å². The molecule has 0 amide bonds. The Morgan fingerprint density at radius 1 is 1.00 bits per heavy atom. The number of unbranched alkanes of at least 4 members (excludes halogenated alkanes) is 1. The molecule has 1 aromatic carbocycles. The second-order valence-corrected chi connectivity index (χ2v) is 4.63. The van der Waals surface area contributed by atoms with Crippen LogP contribution in [0.15, 0.2) is 30.3 Å². The molecule has 0 aliphatic rings. The summed E-state index contributed by atoms with van der Waals surface area (Å²) in [7, 11) is 0. The highest BCUT2D eigenvalue weighted by molar-refractivity contribution is 6.33. The van der Waals surface area contributed by atoms with E-state index in [1.165, 1.54) is 0 Å². The van der Waals surface area contributed by atoms with E-state index in [-0.39, 0.29) is 25.2 Å². The van der Waals surface area contributed by atoms with Crippen molar-refractivity contribution in [2.45, 2.75) is 45.6 Å². The van der Waals surface area contributed by atoms with Crippen LogP contribution in [0.1, 0.15) is 44.6 Å². The van der Waals surface area contributed by atoms with Crippen LogP contribution in [0.25, 0.3) is 0 Å². The first-order valence-corrected chi connectivity index (χ1v) is 6.89. The summed E-state index contributed by atoms with van der Waals surface area (Å²) in [6.07, 6.45) is 2.31. The summed E-state index contributed by atoms with van der Waals surface area (Å²) in [4.78, 5) is 34.4. The van der Waals surface area contributed by atoms with Crippen molar-refractivity contribution >= 4 is 17.5 Å². The molecule has 0 fully saturated rings. The van der Waals surface area contributed by atoms with Crippen molar-refractivity contribution in [2.75, 3.05) is 0 Å². The fourth-order valence-corrected chi connectivity index (χ4v) is 1.66. The molecule has 0 aliphatic heterocycles. The van der Waals surface area contributed by atoms with E-state index in [0.717, 1.165) is 18.4 Å². The maximum absolute atomic E-state index is 11.5.